The van der Waals surface area contributed by atoms with E-state index in [4.69, 9.17) is 17.3 Å². The van der Waals surface area contributed by atoms with Crippen molar-refractivity contribution in [2.75, 3.05) is 59.1 Å². The van der Waals surface area contributed by atoms with Crippen LogP contribution in [0.15, 0.2) is 36.7 Å². The molecule has 8 nitrogen and oxygen atoms in total. The number of carbonyl (C=O) groups excluding carboxylic acids is 1. The largest absolute Gasteiger partial charge is 0.384 e. The zero-order valence-electron chi connectivity index (χ0n) is 22.5. The summed E-state index contributed by atoms with van der Waals surface area (Å²) in [5, 5.41) is 0.400. The summed E-state index contributed by atoms with van der Waals surface area (Å²) in [6.45, 7) is 9.02. The van der Waals surface area contributed by atoms with Crippen molar-refractivity contribution in [3.8, 4) is 23.1 Å². The van der Waals surface area contributed by atoms with Crippen LogP contribution in [0.25, 0.3) is 11.3 Å². The molecule has 0 bridgehead atoms. The number of hydrogen-bond donors (Lipinski definition) is 1. The maximum Gasteiger partial charge on any atom is 0.255 e. The lowest BCUT2D eigenvalue weighted by atomic mass is 10.0. The number of rotatable bonds is 6. The van der Waals surface area contributed by atoms with Crippen LogP contribution in [-0.4, -0.2) is 88.9 Å². The second-order valence-electron chi connectivity index (χ2n) is 9.65. The first-order chi connectivity index (χ1) is 18.3. The van der Waals surface area contributed by atoms with Gasteiger partial charge in [-0.2, -0.15) is 0 Å². The second-order valence-corrected chi connectivity index (χ2v) is 10.1. The van der Waals surface area contributed by atoms with E-state index in [1.165, 1.54) is 6.33 Å². The number of likely N-dealkylation sites (N-methyl/N-ethyl adjacent to an activating group) is 1. The molecule has 1 saturated heterocycles. The molecule has 0 radical (unpaired) electrons. The molecule has 1 fully saturated rings. The van der Waals surface area contributed by atoms with E-state index >= 15 is 0 Å². The Morgan fingerprint density at radius 3 is 2.53 bits per heavy atom. The number of pyridine rings is 1. The van der Waals surface area contributed by atoms with Gasteiger partial charge in [-0.05, 0) is 51.7 Å². The van der Waals surface area contributed by atoms with E-state index in [0.717, 1.165) is 54.3 Å². The quantitative estimate of drug-likeness (QED) is 0.488. The van der Waals surface area contributed by atoms with Crippen LogP contribution >= 0.6 is 11.6 Å². The molecule has 4 rings (SSSR count). The number of anilines is 1. The number of carbonyl (C=O) groups is 1. The van der Waals surface area contributed by atoms with Crippen LogP contribution in [0, 0.1) is 18.8 Å². The third kappa shape index (κ3) is 6.48. The summed E-state index contributed by atoms with van der Waals surface area (Å²) in [5.41, 5.74) is 10.9. The third-order valence-electron chi connectivity index (χ3n) is 6.69. The molecule has 2 N–H and O–H groups in total. The van der Waals surface area contributed by atoms with Gasteiger partial charge in [-0.1, -0.05) is 36.4 Å². The van der Waals surface area contributed by atoms with Gasteiger partial charge < -0.3 is 15.5 Å². The van der Waals surface area contributed by atoms with Gasteiger partial charge in [-0.25, -0.2) is 15.0 Å². The Morgan fingerprint density at radius 1 is 1.11 bits per heavy atom. The number of benzene rings is 1. The van der Waals surface area contributed by atoms with Crippen molar-refractivity contribution in [3.63, 3.8) is 0 Å². The number of nitrogen functional groups attached to an aromatic ring is 1. The fourth-order valence-electron chi connectivity index (χ4n) is 4.40. The second kappa shape index (κ2) is 12.4. The van der Waals surface area contributed by atoms with Crippen molar-refractivity contribution in [1.29, 1.82) is 0 Å². The minimum atomic E-state index is -0.0444. The van der Waals surface area contributed by atoms with Crippen LogP contribution in [0.5, 0.6) is 0 Å². The highest BCUT2D eigenvalue weighted by molar-refractivity contribution is 6.34. The number of nitrogens with two attached hydrogens (primary N) is 1. The molecule has 1 aliphatic rings. The van der Waals surface area contributed by atoms with Crippen molar-refractivity contribution in [1.82, 2.24) is 29.7 Å². The fraction of sp³-hybridized carbons (Fsp3) is 0.379. The first-order valence-electron chi connectivity index (χ1n) is 12.8. The number of halogens is 1. The van der Waals surface area contributed by atoms with Crippen molar-refractivity contribution in [3.05, 3.63) is 69.8 Å². The molecule has 1 aromatic carbocycles. The highest BCUT2D eigenvalue weighted by Gasteiger charge is 2.24. The van der Waals surface area contributed by atoms with Crippen molar-refractivity contribution >= 4 is 23.3 Å². The number of aromatic nitrogens is 3. The Hall–Kier alpha value is -3.51. The summed E-state index contributed by atoms with van der Waals surface area (Å²) >= 11 is 6.68. The Bertz CT molecular complexity index is 1370. The molecular weight excluding hydrogens is 498 g/mol. The molecule has 0 unspecified atom stereocenters. The van der Waals surface area contributed by atoms with Crippen LogP contribution in [0.2, 0.25) is 5.02 Å². The summed E-state index contributed by atoms with van der Waals surface area (Å²) < 4.78 is 0. The third-order valence-corrected chi connectivity index (χ3v) is 7.00. The van der Waals surface area contributed by atoms with E-state index in [-0.39, 0.29) is 5.91 Å². The Kier molecular flexibility index (Phi) is 8.95. The summed E-state index contributed by atoms with van der Waals surface area (Å²) in [6.07, 6.45) is 2.24. The highest BCUT2D eigenvalue weighted by atomic mass is 35.5. The maximum atomic E-state index is 13.3. The van der Waals surface area contributed by atoms with Gasteiger partial charge in [0.2, 0.25) is 0 Å². The van der Waals surface area contributed by atoms with E-state index < -0.39 is 0 Å². The SMILES string of the molecule is CCc1ncnc(-c2ccc(C(=O)N3CCN(CCN(C)C)CC3)c(Cl)c2)c1C#Cc1ccc(N)nc1C. The van der Waals surface area contributed by atoms with Gasteiger partial charge in [-0.3, -0.25) is 9.69 Å². The molecule has 0 aliphatic carbocycles. The lowest BCUT2D eigenvalue weighted by Gasteiger charge is -2.35. The van der Waals surface area contributed by atoms with Gasteiger partial charge in [0, 0.05) is 50.4 Å². The van der Waals surface area contributed by atoms with E-state index in [1.54, 1.807) is 18.2 Å². The number of amides is 1. The van der Waals surface area contributed by atoms with Crippen LogP contribution in [0.1, 0.15) is 39.8 Å². The lowest BCUT2D eigenvalue weighted by molar-refractivity contribution is 0.0630. The van der Waals surface area contributed by atoms with Gasteiger partial charge >= 0.3 is 0 Å². The number of piperazine rings is 1. The molecule has 3 heterocycles. The van der Waals surface area contributed by atoms with E-state index in [9.17, 15) is 4.79 Å². The van der Waals surface area contributed by atoms with E-state index in [2.05, 4.69) is 50.7 Å². The molecule has 0 spiro atoms. The molecule has 2 aromatic heterocycles. The van der Waals surface area contributed by atoms with E-state index in [1.807, 2.05) is 30.9 Å². The van der Waals surface area contributed by atoms with Crippen LogP contribution in [-0.2, 0) is 6.42 Å². The lowest BCUT2D eigenvalue weighted by Crippen LogP contribution is -2.50. The Morgan fingerprint density at radius 2 is 1.87 bits per heavy atom. The zero-order valence-corrected chi connectivity index (χ0v) is 23.2. The molecule has 38 heavy (non-hydrogen) atoms. The van der Waals surface area contributed by atoms with Crippen molar-refractivity contribution in [2.45, 2.75) is 20.3 Å². The first kappa shape index (κ1) is 27.5. The topological polar surface area (TPSA) is 91.5 Å². The predicted molar refractivity (Wildman–Crippen MR) is 152 cm³/mol. The molecule has 198 valence electrons. The van der Waals surface area contributed by atoms with E-state index in [0.29, 0.717) is 41.6 Å². The summed E-state index contributed by atoms with van der Waals surface area (Å²) in [5.74, 6) is 6.87. The van der Waals surface area contributed by atoms with Gasteiger partial charge in [0.15, 0.2) is 0 Å². The summed E-state index contributed by atoms with van der Waals surface area (Å²) in [7, 11) is 4.15. The van der Waals surface area contributed by atoms with Gasteiger partial charge in [-0.15, -0.1) is 0 Å². The number of hydrogen-bond acceptors (Lipinski definition) is 7. The molecule has 3 aromatic rings. The highest BCUT2D eigenvalue weighted by Crippen LogP contribution is 2.28. The molecule has 9 heteroatoms. The standard InChI is InChI=1S/C29H34ClN7O/c1-5-26-24(10-6-21-8-11-27(31)34-20(21)2)28(33-19-32-26)22-7-9-23(25(30)18-22)29(38)37-16-14-36(15-17-37)13-12-35(3)4/h7-9,11,18-19H,5,12-17H2,1-4H3,(H2,31,34). The molecular formula is C29H34ClN7O. The average Bonchev–Trinajstić information content (AvgIpc) is 2.91. The predicted octanol–water partition coefficient (Wildman–Crippen LogP) is 3.36. The van der Waals surface area contributed by atoms with Gasteiger partial charge in [0.05, 0.1) is 33.2 Å². The normalized spacial score (nSPS) is 13.9. The molecule has 1 amide bonds. The smallest absolute Gasteiger partial charge is 0.255 e. The van der Waals surface area contributed by atoms with Crippen LogP contribution in [0.4, 0.5) is 5.82 Å². The fourth-order valence-corrected chi connectivity index (χ4v) is 4.67. The first-order valence-corrected chi connectivity index (χ1v) is 13.2. The van der Waals surface area contributed by atoms with Crippen LogP contribution in [0.3, 0.4) is 0 Å². The Balaban J connectivity index is 1.57. The minimum Gasteiger partial charge on any atom is -0.384 e. The molecule has 1 aliphatic heterocycles. The van der Waals surface area contributed by atoms with Crippen molar-refractivity contribution < 1.29 is 4.79 Å². The summed E-state index contributed by atoms with van der Waals surface area (Å²) in [4.78, 5) is 33.0. The summed E-state index contributed by atoms with van der Waals surface area (Å²) in [6, 6.07) is 9.07. The zero-order chi connectivity index (χ0) is 27.2. The molecule has 0 atom stereocenters. The molecule has 0 saturated carbocycles. The minimum absolute atomic E-state index is 0.0444. The maximum absolute atomic E-state index is 13.3. The average molecular weight is 532 g/mol. The van der Waals surface area contributed by atoms with Crippen molar-refractivity contribution in [2.24, 2.45) is 0 Å². The Labute approximate surface area is 229 Å². The van der Waals surface area contributed by atoms with Gasteiger partial charge in [0.1, 0.15) is 12.1 Å². The monoisotopic (exact) mass is 531 g/mol. The van der Waals surface area contributed by atoms with Gasteiger partial charge in [0.25, 0.3) is 5.91 Å². The number of aryl methyl sites for hydroxylation is 2. The van der Waals surface area contributed by atoms with Crippen LogP contribution < -0.4 is 5.73 Å². The number of nitrogens with zero attached hydrogens (tertiary/aromatic N) is 6.